The largest absolute Gasteiger partial charge is 0.466 e. The summed E-state index contributed by atoms with van der Waals surface area (Å²) in [6.45, 7) is 4.64. The van der Waals surface area contributed by atoms with Crippen LogP contribution in [0.25, 0.3) is 0 Å². The van der Waals surface area contributed by atoms with Gasteiger partial charge in [-0.25, -0.2) is 0 Å². The second-order valence-corrected chi connectivity index (χ2v) is 9.15. The molecular formula is C27H49NO6. The molecule has 0 atom stereocenters. The number of hydrogen-bond acceptors (Lipinski definition) is 6. The average Bonchev–Trinajstić information content (AvgIpc) is 3.34. The van der Waals surface area contributed by atoms with Gasteiger partial charge in [0.15, 0.2) is 0 Å². The van der Waals surface area contributed by atoms with Crippen LogP contribution in [0.5, 0.6) is 0 Å². The molecular weight excluding hydrogens is 434 g/mol. The van der Waals surface area contributed by atoms with Crippen molar-refractivity contribution >= 4 is 11.8 Å². The average molecular weight is 484 g/mol. The summed E-state index contributed by atoms with van der Waals surface area (Å²) in [6, 6.07) is 0. The van der Waals surface area contributed by atoms with Crippen LogP contribution in [0.3, 0.4) is 0 Å². The van der Waals surface area contributed by atoms with E-state index in [0.29, 0.717) is 31.7 Å². The molecule has 1 fully saturated rings. The van der Waals surface area contributed by atoms with Gasteiger partial charge in [-0.15, -0.1) is 10.1 Å². The monoisotopic (exact) mass is 483 g/mol. The zero-order chi connectivity index (χ0) is 25.3. The van der Waals surface area contributed by atoms with Crippen molar-refractivity contribution in [1.82, 2.24) is 0 Å². The first-order valence-corrected chi connectivity index (χ1v) is 13.6. The van der Waals surface area contributed by atoms with Crippen molar-refractivity contribution in [2.24, 2.45) is 5.92 Å². The minimum absolute atomic E-state index is 0.0480. The summed E-state index contributed by atoms with van der Waals surface area (Å²) in [5.41, 5.74) is 0. The van der Waals surface area contributed by atoms with Crippen LogP contribution in [0.4, 0.5) is 0 Å². The minimum Gasteiger partial charge on any atom is -0.466 e. The SMILES string of the molecule is CC/C=C\CCCC(=O)OCCCCO[N+](=O)[O-].CCCCCCCC(=O)CCC1CCCC1. The van der Waals surface area contributed by atoms with Crippen molar-refractivity contribution in [3.63, 3.8) is 0 Å². The van der Waals surface area contributed by atoms with E-state index in [1.165, 1.54) is 57.8 Å². The van der Waals surface area contributed by atoms with Crippen LogP contribution in [0.2, 0.25) is 0 Å². The number of rotatable bonds is 20. The third kappa shape index (κ3) is 23.2. The molecule has 0 aromatic heterocycles. The van der Waals surface area contributed by atoms with Crippen LogP contribution >= 0.6 is 0 Å². The summed E-state index contributed by atoms with van der Waals surface area (Å²) in [5.74, 6) is 1.18. The molecule has 0 amide bonds. The van der Waals surface area contributed by atoms with E-state index in [0.717, 1.165) is 44.4 Å². The summed E-state index contributed by atoms with van der Waals surface area (Å²) in [7, 11) is 0. The maximum atomic E-state index is 11.6. The fourth-order valence-corrected chi connectivity index (χ4v) is 3.97. The van der Waals surface area contributed by atoms with Crippen molar-refractivity contribution in [3.05, 3.63) is 22.3 Å². The van der Waals surface area contributed by atoms with Gasteiger partial charge in [-0.1, -0.05) is 77.4 Å². The molecule has 7 nitrogen and oxygen atoms in total. The molecule has 34 heavy (non-hydrogen) atoms. The predicted octanol–water partition coefficient (Wildman–Crippen LogP) is 7.54. The number of allylic oxidation sites excluding steroid dienone is 2. The fraction of sp³-hybridized carbons (Fsp3) is 0.852. The van der Waals surface area contributed by atoms with E-state index >= 15 is 0 Å². The van der Waals surface area contributed by atoms with E-state index in [4.69, 9.17) is 4.74 Å². The van der Waals surface area contributed by atoms with E-state index in [9.17, 15) is 19.7 Å². The number of nitrogens with zero attached hydrogens (tertiary/aromatic N) is 1. The fourth-order valence-electron chi connectivity index (χ4n) is 3.97. The second kappa shape index (κ2) is 24.2. The van der Waals surface area contributed by atoms with Crippen molar-refractivity contribution < 1.29 is 24.3 Å². The normalized spacial score (nSPS) is 13.5. The number of ketones is 1. The third-order valence-corrected chi connectivity index (χ3v) is 6.02. The van der Waals surface area contributed by atoms with Gasteiger partial charge in [0.05, 0.1) is 13.2 Å². The molecule has 198 valence electrons. The molecule has 0 radical (unpaired) electrons. The summed E-state index contributed by atoms with van der Waals surface area (Å²) in [4.78, 5) is 36.8. The highest BCUT2D eigenvalue weighted by Crippen LogP contribution is 2.28. The second-order valence-electron chi connectivity index (χ2n) is 9.15. The molecule has 0 heterocycles. The Morgan fingerprint density at radius 3 is 2.26 bits per heavy atom. The van der Waals surface area contributed by atoms with Crippen LogP contribution < -0.4 is 0 Å². The molecule has 0 bridgehead atoms. The summed E-state index contributed by atoms with van der Waals surface area (Å²) >= 11 is 0. The molecule has 0 aliphatic heterocycles. The van der Waals surface area contributed by atoms with Gasteiger partial charge in [0, 0.05) is 19.3 Å². The molecule has 7 heteroatoms. The number of ether oxygens (including phenoxy) is 1. The molecule has 0 N–H and O–H groups in total. The number of hydrogen-bond donors (Lipinski definition) is 0. The Kier molecular flexibility index (Phi) is 22.8. The van der Waals surface area contributed by atoms with E-state index < -0.39 is 5.09 Å². The van der Waals surface area contributed by atoms with Gasteiger partial charge >= 0.3 is 5.97 Å². The molecule has 0 saturated heterocycles. The quantitative estimate of drug-likeness (QED) is 0.0583. The lowest BCUT2D eigenvalue weighted by molar-refractivity contribution is -0.757. The number of Topliss-reactive ketones (excluding diaryl/α,β-unsaturated/α-hetero) is 1. The van der Waals surface area contributed by atoms with Crippen LogP contribution in [-0.2, 0) is 19.2 Å². The van der Waals surface area contributed by atoms with E-state index in [1.807, 2.05) is 0 Å². The Labute approximate surface area is 207 Å². The smallest absolute Gasteiger partial charge is 0.305 e. The van der Waals surface area contributed by atoms with Crippen LogP contribution in [-0.4, -0.2) is 30.1 Å². The Bertz CT molecular complexity index is 543. The Balaban J connectivity index is 0.000000644. The van der Waals surface area contributed by atoms with Gasteiger partial charge in [-0.3, -0.25) is 9.59 Å². The van der Waals surface area contributed by atoms with E-state index in [-0.39, 0.29) is 12.6 Å². The molecule has 0 aromatic rings. The highest BCUT2D eigenvalue weighted by molar-refractivity contribution is 5.78. The van der Waals surface area contributed by atoms with E-state index in [2.05, 4.69) is 30.8 Å². The van der Waals surface area contributed by atoms with Crippen LogP contribution in [0.15, 0.2) is 12.2 Å². The van der Waals surface area contributed by atoms with Gasteiger partial charge in [-0.05, 0) is 50.9 Å². The van der Waals surface area contributed by atoms with Crippen molar-refractivity contribution in [1.29, 1.82) is 0 Å². The van der Waals surface area contributed by atoms with Crippen LogP contribution in [0.1, 0.15) is 129 Å². The Morgan fingerprint density at radius 1 is 0.882 bits per heavy atom. The first-order chi connectivity index (χ1) is 16.5. The first-order valence-electron chi connectivity index (χ1n) is 13.6. The third-order valence-electron chi connectivity index (χ3n) is 6.02. The summed E-state index contributed by atoms with van der Waals surface area (Å²) in [6.07, 6.45) is 23.1. The van der Waals surface area contributed by atoms with E-state index in [1.54, 1.807) is 0 Å². The van der Waals surface area contributed by atoms with Gasteiger partial charge in [-0.2, -0.15) is 0 Å². The minimum atomic E-state index is -0.824. The van der Waals surface area contributed by atoms with Gasteiger partial charge in [0.25, 0.3) is 5.09 Å². The number of carbonyl (C=O) groups excluding carboxylic acids is 2. The lowest BCUT2D eigenvalue weighted by Gasteiger charge is -2.07. The number of unbranched alkanes of at least 4 members (excludes halogenated alkanes) is 6. The number of esters is 1. The maximum Gasteiger partial charge on any atom is 0.305 e. The van der Waals surface area contributed by atoms with Crippen molar-refractivity contribution in [2.45, 2.75) is 129 Å². The van der Waals surface area contributed by atoms with Gasteiger partial charge in [0.2, 0.25) is 0 Å². The first kappa shape index (κ1) is 32.1. The molecule has 1 saturated carbocycles. The molecule has 0 unspecified atom stereocenters. The lowest BCUT2D eigenvalue weighted by atomic mass is 9.98. The Hall–Kier alpha value is -1.92. The predicted molar refractivity (Wildman–Crippen MR) is 136 cm³/mol. The highest BCUT2D eigenvalue weighted by Gasteiger charge is 2.15. The van der Waals surface area contributed by atoms with Gasteiger partial charge < -0.3 is 9.57 Å². The molecule has 0 aromatic carbocycles. The lowest BCUT2D eigenvalue weighted by Crippen LogP contribution is -2.07. The van der Waals surface area contributed by atoms with Crippen LogP contribution in [0, 0.1) is 16.0 Å². The Morgan fingerprint density at radius 2 is 1.59 bits per heavy atom. The molecule has 1 aliphatic rings. The molecule has 1 rings (SSSR count). The zero-order valence-electron chi connectivity index (χ0n) is 21.8. The standard InChI is InChI=1S/C15H28O.C12H21NO5/c1-2-3-4-5-6-11-15(16)13-12-14-9-7-8-10-14;1-2-3-4-5-6-9-12(14)17-10-7-8-11-18-13(15)16/h14H,2-13H2,1H3;3-4H,2,5-11H2,1H3/b;4-3-. The maximum absolute atomic E-state index is 11.6. The van der Waals surface area contributed by atoms with Crippen molar-refractivity contribution in [2.75, 3.05) is 13.2 Å². The van der Waals surface area contributed by atoms with Gasteiger partial charge in [0.1, 0.15) is 5.78 Å². The zero-order valence-corrected chi connectivity index (χ0v) is 21.8. The summed E-state index contributed by atoms with van der Waals surface area (Å²) in [5, 5.41) is 9.00. The molecule has 1 aliphatic carbocycles. The number of carbonyl (C=O) groups is 2. The molecule has 0 spiro atoms. The van der Waals surface area contributed by atoms with Crippen molar-refractivity contribution in [3.8, 4) is 0 Å². The highest BCUT2D eigenvalue weighted by atomic mass is 16.9. The topological polar surface area (TPSA) is 95.7 Å². The summed E-state index contributed by atoms with van der Waals surface area (Å²) < 4.78 is 4.97.